The van der Waals surface area contributed by atoms with Gasteiger partial charge >= 0.3 is 0 Å². The van der Waals surface area contributed by atoms with Crippen molar-refractivity contribution in [2.45, 2.75) is 65.6 Å². The number of piperazine rings is 2. The van der Waals surface area contributed by atoms with Crippen LogP contribution in [0.2, 0.25) is 10.0 Å². The second-order valence-corrected chi connectivity index (χ2v) is 16.2. The molecule has 0 radical (unpaired) electrons. The molecule has 8 rings (SSSR count). The third-order valence-corrected chi connectivity index (χ3v) is 12.3. The smallest absolute Gasteiger partial charge is 0.262 e. The molecule has 10 nitrogen and oxygen atoms in total. The summed E-state index contributed by atoms with van der Waals surface area (Å²) in [6, 6.07) is 11.4. The van der Waals surface area contributed by atoms with Crippen LogP contribution in [0.4, 0.5) is 11.6 Å². The molecule has 49 heavy (non-hydrogen) atoms. The lowest BCUT2D eigenvalue weighted by Gasteiger charge is -2.61. The molecule has 3 aliphatic carbocycles. The number of hydrogen-bond acceptors (Lipinski definition) is 6. The highest BCUT2D eigenvalue weighted by molar-refractivity contribution is 6.35. The van der Waals surface area contributed by atoms with Crippen LogP contribution in [0.1, 0.15) is 46.1 Å². The summed E-state index contributed by atoms with van der Waals surface area (Å²) in [6.45, 7) is 14.0. The van der Waals surface area contributed by atoms with Crippen LogP contribution in [-0.4, -0.2) is 89.6 Å². The highest BCUT2D eigenvalue weighted by Crippen LogP contribution is 2.61. The van der Waals surface area contributed by atoms with E-state index < -0.39 is 0 Å². The fraction of sp³-hybridized carbons (Fsp3) is 0.568. The summed E-state index contributed by atoms with van der Waals surface area (Å²) in [4.78, 5) is 44.0. The summed E-state index contributed by atoms with van der Waals surface area (Å²) in [5, 5.41) is 8.30. The Morgan fingerprint density at radius 2 is 1.84 bits per heavy atom. The number of aliphatic imine (C=N–C) groups is 1. The van der Waals surface area contributed by atoms with E-state index in [0.29, 0.717) is 63.7 Å². The van der Waals surface area contributed by atoms with Crippen molar-refractivity contribution >= 4 is 57.6 Å². The maximum atomic E-state index is 14.2. The highest BCUT2D eigenvalue weighted by atomic mass is 35.5. The molecule has 5 fully saturated rings. The van der Waals surface area contributed by atoms with Gasteiger partial charge < -0.3 is 25.3 Å². The summed E-state index contributed by atoms with van der Waals surface area (Å²) >= 11 is 12.6. The number of halogens is 2. The van der Waals surface area contributed by atoms with Crippen molar-refractivity contribution in [3.8, 4) is 0 Å². The normalized spacial score (nSPS) is 27.2. The molecule has 0 unspecified atom stereocenters. The van der Waals surface area contributed by atoms with E-state index in [-0.39, 0.29) is 30.1 Å². The molecule has 262 valence electrons. The van der Waals surface area contributed by atoms with Crippen molar-refractivity contribution in [2.75, 3.05) is 56.5 Å². The molecule has 3 aromatic rings. The van der Waals surface area contributed by atoms with Crippen LogP contribution in [0.3, 0.4) is 0 Å². The van der Waals surface area contributed by atoms with E-state index in [0.717, 1.165) is 55.7 Å². The Balaban J connectivity index is 1.23. The number of anilines is 2. The minimum Gasteiger partial charge on any atom is -0.350 e. The number of rotatable bonds is 6. The first-order chi connectivity index (χ1) is 23.4. The fourth-order valence-electron chi connectivity index (χ4n) is 8.56. The van der Waals surface area contributed by atoms with E-state index >= 15 is 0 Å². The molecule has 2 aliphatic heterocycles. The number of nitrogens with one attached hydrogen (secondary N) is 2. The highest BCUT2D eigenvalue weighted by Gasteiger charge is 2.56. The van der Waals surface area contributed by atoms with E-state index in [1.807, 2.05) is 36.1 Å². The maximum Gasteiger partial charge on any atom is 0.262 e. The molecule has 5 atom stereocenters. The van der Waals surface area contributed by atoms with Gasteiger partial charge in [0.25, 0.3) is 5.56 Å². The first-order valence-electron chi connectivity index (χ1n) is 17.7. The molecular formula is C37H48Cl2N8O2. The lowest BCUT2D eigenvalue weighted by molar-refractivity contribution is -0.121. The summed E-state index contributed by atoms with van der Waals surface area (Å²) < 4.78 is 1.68. The van der Waals surface area contributed by atoms with Crippen molar-refractivity contribution in [1.82, 2.24) is 24.7 Å². The molecule has 3 saturated carbocycles. The molecule has 2 N–H and O–H groups in total. The lowest BCUT2D eigenvalue weighted by Crippen LogP contribution is -2.57. The van der Waals surface area contributed by atoms with E-state index in [1.165, 1.54) is 6.42 Å². The third kappa shape index (κ3) is 6.76. The van der Waals surface area contributed by atoms with Gasteiger partial charge in [-0.3, -0.25) is 14.2 Å². The first kappa shape index (κ1) is 34.1. The number of likely N-dealkylation sites (N-methyl/N-ethyl adjacent to an activating group) is 1. The first-order valence-corrected chi connectivity index (χ1v) is 18.4. The molecule has 2 saturated heterocycles. The third-order valence-electron chi connectivity index (χ3n) is 11.7. The van der Waals surface area contributed by atoms with Gasteiger partial charge in [0.2, 0.25) is 11.9 Å². The predicted octanol–water partition coefficient (Wildman–Crippen LogP) is 5.36. The molecule has 0 spiro atoms. The molecule has 1 amide bonds. The van der Waals surface area contributed by atoms with Gasteiger partial charge in [0.05, 0.1) is 23.5 Å². The summed E-state index contributed by atoms with van der Waals surface area (Å²) in [6.07, 6.45) is 2.95. The van der Waals surface area contributed by atoms with Crippen molar-refractivity contribution < 1.29 is 4.79 Å². The molecule has 2 bridgehead atoms. The molecule has 1 aromatic heterocycles. The number of aromatic nitrogens is 2. The number of aryl methyl sites for hydroxylation is 1. The Bertz CT molecular complexity index is 1830. The van der Waals surface area contributed by atoms with Crippen molar-refractivity contribution in [3.63, 3.8) is 0 Å². The van der Waals surface area contributed by atoms with Crippen LogP contribution < -0.4 is 21.1 Å². The van der Waals surface area contributed by atoms with Gasteiger partial charge in [-0.1, -0.05) is 50.0 Å². The number of carbonyl (C=O) groups excluding carboxylic acids is 1. The van der Waals surface area contributed by atoms with Gasteiger partial charge in [-0.15, -0.1) is 0 Å². The number of benzene rings is 2. The maximum absolute atomic E-state index is 14.2. The Morgan fingerprint density at radius 3 is 2.53 bits per heavy atom. The van der Waals surface area contributed by atoms with E-state index in [9.17, 15) is 9.59 Å². The van der Waals surface area contributed by atoms with Crippen LogP contribution in [0.15, 0.2) is 46.2 Å². The van der Waals surface area contributed by atoms with Crippen LogP contribution in [0.5, 0.6) is 0 Å². The average molecular weight is 708 g/mol. The fourth-order valence-corrected chi connectivity index (χ4v) is 9.07. The SMILES string of the molecule is C[C@H]1[C@@H](N=C(Nc2ccc3c(=O)n(CCc4ccc(Cl)cc4Cl)c(N4CC(=O)N[C@@H](C)C4)nc3c2)N2CCN(C)CC2)C[C@H]2C[C@H]1C2(C)C. The van der Waals surface area contributed by atoms with Gasteiger partial charge in [0, 0.05) is 61.0 Å². The molecular weight excluding hydrogens is 659 g/mol. The number of guanidine groups is 1. The second kappa shape index (κ2) is 13.4. The van der Waals surface area contributed by atoms with Crippen LogP contribution >= 0.6 is 23.2 Å². The number of nitrogens with zero attached hydrogens (tertiary/aromatic N) is 6. The summed E-state index contributed by atoms with van der Waals surface area (Å²) in [5.74, 6) is 3.23. The van der Waals surface area contributed by atoms with Crippen LogP contribution in [0, 0.1) is 23.2 Å². The van der Waals surface area contributed by atoms with Gasteiger partial charge in [0.15, 0.2) is 5.96 Å². The standard InChI is InChI=1S/C37H48Cl2N8O2/c1-22-20-46(21-33(48)40-22)36-43-32-19-27(8-9-28(32)34(49)47(36)11-10-24-6-7-26(38)18-30(24)39)41-35(45-14-12-44(5)13-15-45)42-31-17-25-16-29(23(31)2)37(25,3)4/h6-9,18-19,22-23,25,29,31H,10-17,20-21H2,1-5H3,(H,40,48)(H,41,42)/t22-,23+,25+,29+,31-/m0/s1. The van der Waals surface area contributed by atoms with Crippen molar-refractivity contribution in [3.05, 3.63) is 62.4 Å². The summed E-state index contributed by atoms with van der Waals surface area (Å²) in [5.41, 5.74) is 2.55. The van der Waals surface area contributed by atoms with Crippen LogP contribution in [-0.2, 0) is 17.8 Å². The van der Waals surface area contributed by atoms with Gasteiger partial charge in [-0.05, 0) is 92.3 Å². The Morgan fingerprint density at radius 1 is 1.06 bits per heavy atom. The van der Waals surface area contributed by atoms with E-state index in [2.05, 4.69) is 48.3 Å². The van der Waals surface area contributed by atoms with Gasteiger partial charge in [-0.25, -0.2) is 9.98 Å². The molecule has 2 aromatic carbocycles. The second-order valence-electron chi connectivity index (χ2n) is 15.3. The predicted molar refractivity (Wildman–Crippen MR) is 199 cm³/mol. The Hall–Kier alpha value is -3.34. The molecule has 5 aliphatic rings. The number of hydrogen-bond donors (Lipinski definition) is 2. The molecule has 3 heterocycles. The quantitative estimate of drug-likeness (QED) is 0.263. The van der Waals surface area contributed by atoms with Crippen molar-refractivity contribution in [1.29, 1.82) is 0 Å². The average Bonchev–Trinajstić information content (AvgIpc) is 3.05. The minimum absolute atomic E-state index is 0.0813. The zero-order valence-electron chi connectivity index (χ0n) is 29.2. The van der Waals surface area contributed by atoms with Gasteiger partial charge in [-0.2, -0.15) is 0 Å². The number of amides is 1. The number of carbonyl (C=O) groups is 1. The zero-order chi connectivity index (χ0) is 34.6. The topological polar surface area (TPSA) is 98.1 Å². The lowest BCUT2D eigenvalue weighted by atomic mass is 9.45. The Kier molecular flexibility index (Phi) is 9.34. The largest absolute Gasteiger partial charge is 0.350 e. The summed E-state index contributed by atoms with van der Waals surface area (Å²) in [7, 11) is 2.16. The van der Waals surface area contributed by atoms with Gasteiger partial charge in [0.1, 0.15) is 0 Å². The van der Waals surface area contributed by atoms with Crippen molar-refractivity contribution in [2.24, 2.45) is 28.2 Å². The van der Waals surface area contributed by atoms with E-state index in [4.69, 9.17) is 33.2 Å². The van der Waals surface area contributed by atoms with E-state index in [1.54, 1.807) is 16.7 Å². The molecule has 12 heteroatoms. The minimum atomic E-state index is -0.152. The Labute approximate surface area is 298 Å². The number of fused-ring (bicyclic) bond motifs is 3. The zero-order valence-corrected chi connectivity index (χ0v) is 30.7. The van der Waals surface area contributed by atoms with Crippen LogP contribution in [0.25, 0.3) is 10.9 Å². The monoisotopic (exact) mass is 706 g/mol.